The van der Waals surface area contributed by atoms with Crippen molar-refractivity contribution >= 4 is 0 Å². The summed E-state index contributed by atoms with van der Waals surface area (Å²) in [5, 5.41) is 0. The average molecular weight is 390 g/mol. The standard InChI is InChI=1S/C24H29F3O/c1-3-5-16-6-8-17(9-7-16)18-10-11-19(21(25)15-18)20-12-13-22(28-14-4-2)24(27)23(20)26/h10-13,15-17H,3-9,14H2,1-2H3. The molecule has 1 nitrogen and oxygen atoms in total. The van der Waals surface area contributed by atoms with Gasteiger partial charge in [0.25, 0.3) is 0 Å². The van der Waals surface area contributed by atoms with Gasteiger partial charge in [0.15, 0.2) is 11.6 Å². The minimum Gasteiger partial charge on any atom is -0.490 e. The van der Waals surface area contributed by atoms with Crippen LogP contribution in [0.15, 0.2) is 30.3 Å². The molecule has 1 fully saturated rings. The molecule has 0 amide bonds. The van der Waals surface area contributed by atoms with E-state index in [1.165, 1.54) is 43.9 Å². The highest BCUT2D eigenvalue weighted by molar-refractivity contribution is 5.66. The Morgan fingerprint density at radius 1 is 0.857 bits per heavy atom. The number of benzene rings is 2. The first-order valence-electron chi connectivity index (χ1n) is 10.5. The molecule has 0 aliphatic heterocycles. The van der Waals surface area contributed by atoms with Crippen molar-refractivity contribution in [3.05, 3.63) is 53.3 Å². The van der Waals surface area contributed by atoms with Crippen molar-refractivity contribution < 1.29 is 17.9 Å². The molecule has 0 atom stereocenters. The molecule has 0 saturated heterocycles. The van der Waals surface area contributed by atoms with Crippen LogP contribution >= 0.6 is 0 Å². The van der Waals surface area contributed by atoms with Gasteiger partial charge in [0.1, 0.15) is 5.82 Å². The van der Waals surface area contributed by atoms with Crippen LogP contribution in [-0.4, -0.2) is 6.61 Å². The van der Waals surface area contributed by atoms with E-state index in [0.29, 0.717) is 18.9 Å². The molecule has 0 bridgehead atoms. The van der Waals surface area contributed by atoms with E-state index in [1.54, 1.807) is 6.07 Å². The van der Waals surface area contributed by atoms with Gasteiger partial charge in [-0.3, -0.25) is 0 Å². The van der Waals surface area contributed by atoms with Gasteiger partial charge < -0.3 is 4.74 Å². The van der Waals surface area contributed by atoms with Crippen molar-refractivity contribution in [2.75, 3.05) is 6.61 Å². The Hall–Kier alpha value is -1.97. The van der Waals surface area contributed by atoms with Crippen LogP contribution in [0.25, 0.3) is 11.1 Å². The van der Waals surface area contributed by atoms with E-state index < -0.39 is 17.5 Å². The highest BCUT2D eigenvalue weighted by Gasteiger charge is 2.23. The maximum absolute atomic E-state index is 14.8. The lowest BCUT2D eigenvalue weighted by Gasteiger charge is -2.28. The van der Waals surface area contributed by atoms with Crippen LogP contribution in [0.3, 0.4) is 0 Å². The van der Waals surface area contributed by atoms with Gasteiger partial charge in [-0.2, -0.15) is 4.39 Å². The summed E-state index contributed by atoms with van der Waals surface area (Å²) >= 11 is 0. The SMILES string of the molecule is CCCOc1ccc(-c2ccc(C3CCC(CCC)CC3)cc2F)c(F)c1F. The van der Waals surface area contributed by atoms with Crippen LogP contribution < -0.4 is 4.74 Å². The zero-order valence-corrected chi connectivity index (χ0v) is 16.7. The fraction of sp³-hybridized carbons (Fsp3) is 0.500. The van der Waals surface area contributed by atoms with Crippen LogP contribution in [0.4, 0.5) is 13.2 Å². The predicted molar refractivity (Wildman–Crippen MR) is 107 cm³/mol. The van der Waals surface area contributed by atoms with Crippen LogP contribution in [0.1, 0.15) is 70.3 Å². The van der Waals surface area contributed by atoms with Crippen molar-refractivity contribution in [3.8, 4) is 16.9 Å². The van der Waals surface area contributed by atoms with E-state index in [0.717, 1.165) is 24.3 Å². The van der Waals surface area contributed by atoms with E-state index in [9.17, 15) is 13.2 Å². The Bertz CT molecular complexity index is 795. The second-order valence-electron chi connectivity index (χ2n) is 7.83. The molecule has 2 aromatic carbocycles. The van der Waals surface area contributed by atoms with Gasteiger partial charge in [0.2, 0.25) is 5.82 Å². The predicted octanol–water partition coefficient (Wildman–Crippen LogP) is 7.63. The molecule has 0 spiro atoms. The van der Waals surface area contributed by atoms with E-state index in [4.69, 9.17) is 4.74 Å². The number of rotatable bonds is 7. The molecule has 1 aliphatic rings. The van der Waals surface area contributed by atoms with Crippen molar-refractivity contribution in [3.63, 3.8) is 0 Å². The quantitative estimate of drug-likeness (QED) is 0.472. The minimum atomic E-state index is -1.07. The summed E-state index contributed by atoms with van der Waals surface area (Å²) in [6.07, 6.45) is 7.67. The second kappa shape index (κ2) is 9.49. The molecule has 1 saturated carbocycles. The van der Waals surface area contributed by atoms with E-state index in [2.05, 4.69) is 6.92 Å². The first-order valence-corrected chi connectivity index (χ1v) is 10.5. The Balaban J connectivity index is 1.79. The lowest BCUT2D eigenvalue weighted by molar-refractivity contribution is 0.295. The van der Waals surface area contributed by atoms with Gasteiger partial charge in [0, 0.05) is 11.1 Å². The highest BCUT2D eigenvalue weighted by atomic mass is 19.2. The lowest BCUT2D eigenvalue weighted by atomic mass is 9.77. The molecular formula is C24H29F3O. The monoisotopic (exact) mass is 390 g/mol. The number of ether oxygens (including phenoxy) is 1. The Morgan fingerprint density at radius 3 is 2.21 bits per heavy atom. The zero-order chi connectivity index (χ0) is 20.1. The highest BCUT2D eigenvalue weighted by Crippen LogP contribution is 2.39. The summed E-state index contributed by atoms with van der Waals surface area (Å²) in [5.74, 6) is -1.64. The first-order chi connectivity index (χ1) is 13.5. The third kappa shape index (κ3) is 4.53. The average Bonchev–Trinajstić information content (AvgIpc) is 2.70. The summed E-state index contributed by atoms with van der Waals surface area (Å²) in [6.45, 7) is 4.40. The van der Waals surface area contributed by atoms with Gasteiger partial charge in [-0.25, -0.2) is 8.78 Å². The van der Waals surface area contributed by atoms with Gasteiger partial charge in [-0.15, -0.1) is 0 Å². The molecule has 0 unspecified atom stereocenters. The summed E-state index contributed by atoms with van der Waals surface area (Å²) in [4.78, 5) is 0. The fourth-order valence-electron chi connectivity index (χ4n) is 4.26. The molecule has 4 heteroatoms. The van der Waals surface area contributed by atoms with Crippen LogP contribution in [0.2, 0.25) is 0 Å². The molecule has 0 heterocycles. The fourth-order valence-corrected chi connectivity index (χ4v) is 4.26. The Kier molecular flexibility index (Phi) is 7.03. The molecule has 0 radical (unpaired) electrons. The Morgan fingerprint density at radius 2 is 1.57 bits per heavy atom. The van der Waals surface area contributed by atoms with Crippen LogP contribution in [0, 0.1) is 23.4 Å². The maximum atomic E-state index is 14.8. The topological polar surface area (TPSA) is 9.23 Å². The summed E-state index contributed by atoms with van der Waals surface area (Å²) in [7, 11) is 0. The molecule has 1 aliphatic carbocycles. The van der Waals surface area contributed by atoms with Crippen molar-refractivity contribution in [1.29, 1.82) is 0 Å². The summed E-state index contributed by atoms with van der Waals surface area (Å²) < 4.78 is 48.7. The van der Waals surface area contributed by atoms with Gasteiger partial charge in [-0.1, -0.05) is 38.8 Å². The van der Waals surface area contributed by atoms with Crippen molar-refractivity contribution in [2.24, 2.45) is 5.92 Å². The minimum absolute atomic E-state index is 0.0722. The van der Waals surface area contributed by atoms with E-state index in [1.807, 2.05) is 13.0 Å². The van der Waals surface area contributed by atoms with Gasteiger partial charge in [0.05, 0.1) is 6.61 Å². The van der Waals surface area contributed by atoms with Gasteiger partial charge in [-0.05, 0) is 67.7 Å². The van der Waals surface area contributed by atoms with Crippen molar-refractivity contribution in [1.82, 2.24) is 0 Å². The normalized spacial score (nSPS) is 19.6. The van der Waals surface area contributed by atoms with Crippen LogP contribution in [-0.2, 0) is 0 Å². The van der Waals surface area contributed by atoms with E-state index >= 15 is 0 Å². The van der Waals surface area contributed by atoms with Crippen LogP contribution in [0.5, 0.6) is 5.75 Å². The Labute approximate surface area is 165 Å². The largest absolute Gasteiger partial charge is 0.490 e. The molecule has 3 rings (SSSR count). The smallest absolute Gasteiger partial charge is 0.201 e. The molecular weight excluding hydrogens is 361 g/mol. The number of hydrogen-bond acceptors (Lipinski definition) is 1. The second-order valence-corrected chi connectivity index (χ2v) is 7.83. The third-order valence-electron chi connectivity index (χ3n) is 5.81. The summed E-state index contributed by atoms with van der Waals surface area (Å²) in [6, 6.07) is 7.69. The first kappa shape index (κ1) is 20.8. The lowest BCUT2D eigenvalue weighted by Crippen LogP contribution is -2.13. The zero-order valence-electron chi connectivity index (χ0n) is 16.7. The molecule has 152 valence electrons. The maximum Gasteiger partial charge on any atom is 0.201 e. The third-order valence-corrected chi connectivity index (χ3v) is 5.81. The number of halogens is 3. The number of hydrogen-bond donors (Lipinski definition) is 0. The molecule has 28 heavy (non-hydrogen) atoms. The van der Waals surface area contributed by atoms with E-state index in [-0.39, 0.29) is 16.9 Å². The van der Waals surface area contributed by atoms with Crippen molar-refractivity contribution in [2.45, 2.75) is 64.7 Å². The van der Waals surface area contributed by atoms with Gasteiger partial charge >= 0.3 is 0 Å². The molecule has 0 N–H and O–H groups in total. The molecule has 0 aromatic heterocycles. The molecule has 2 aromatic rings. The summed E-state index contributed by atoms with van der Waals surface area (Å²) in [5.41, 5.74) is 0.971.